The summed E-state index contributed by atoms with van der Waals surface area (Å²) >= 11 is 5.83. The van der Waals surface area contributed by atoms with Crippen LogP contribution in [-0.2, 0) is 11.2 Å². The summed E-state index contributed by atoms with van der Waals surface area (Å²) in [5.74, 6) is -0.631. The van der Waals surface area contributed by atoms with Crippen molar-refractivity contribution in [2.75, 3.05) is 0 Å². The molecule has 0 aliphatic heterocycles. The molecule has 1 unspecified atom stereocenters. The van der Waals surface area contributed by atoms with Crippen molar-refractivity contribution in [2.24, 2.45) is 5.92 Å². The van der Waals surface area contributed by atoms with E-state index in [0.717, 1.165) is 12.8 Å². The maximum absolute atomic E-state index is 13.5. The number of hydrogen-bond donors (Lipinski definition) is 1. The number of nitriles is 1. The molecule has 1 aliphatic carbocycles. The molecule has 1 N–H and O–H groups in total. The molecule has 1 fully saturated rings. The predicted molar refractivity (Wildman–Crippen MR) is 65.4 cm³/mol. The van der Waals surface area contributed by atoms with Crippen molar-refractivity contribution in [1.29, 1.82) is 5.26 Å². The lowest BCUT2D eigenvalue weighted by atomic mass is 10.1. The lowest BCUT2D eigenvalue weighted by molar-refractivity contribution is -0.121. The predicted octanol–water partition coefficient (Wildman–Crippen LogP) is 2.44. The van der Waals surface area contributed by atoms with Gasteiger partial charge >= 0.3 is 0 Å². The van der Waals surface area contributed by atoms with Crippen LogP contribution in [0.5, 0.6) is 0 Å². The van der Waals surface area contributed by atoms with E-state index in [1.54, 1.807) is 0 Å². The van der Waals surface area contributed by atoms with Crippen LogP contribution >= 0.6 is 11.6 Å². The number of hydrogen-bond acceptors (Lipinski definition) is 2. The van der Waals surface area contributed by atoms with Crippen LogP contribution in [0.15, 0.2) is 18.2 Å². The molecule has 0 heterocycles. The highest BCUT2D eigenvalue weighted by molar-refractivity contribution is 6.31. The van der Waals surface area contributed by atoms with Crippen molar-refractivity contribution in [3.8, 4) is 6.07 Å². The first kappa shape index (κ1) is 12.8. The lowest BCUT2D eigenvalue weighted by Gasteiger charge is -2.11. The van der Waals surface area contributed by atoms with E-state index in [1.807, 2.05) is 0 Å². The van der Waals surface area contributed by atoms with Gasteiger partial charge in [-0.25, -0.2) is 4.39 Å². The fourth-order valence-corrected chi connectivity index (χ4v) is 2.00. The second-order valence-corrected chi connectivity index (χ2v) is 4.80. The molecule has 5 heteroatoms. The maximum atomic E-state index is 13.5. The number of amides is 1. The summed E-state index contributed by atoms with van der Waals surface area (Å²) in [6.45, 7) is 0. The van der Waals surface area contributed by atoms with Gasteiger partial charge in [0.2, 0.25) is 5.91 Å². The molecule has 0 aromatic heterocycles. The first-order valence-electron chi connectivity index (χ1n) is 5.73. The molecular formula is C13H12ClFN2O. The molecule has 1 amide bonds. The first-order valence-corrected chi connectivity index (χ1v) is 6.11. The lowest BCUT2D eigenvalue weighted by Crippen LogP contribution is -2.36. The van der Waals surface area contributed by atoms with E-state index in [-0.39, 0.29) is 28.8 Å². The van der Waals surface area contributed by atoms with Crippen LogP contribution in [0.2, 0.25) is 5.02 Å². The molecule has 94 valence electrons. The van der Waals surface area contributed by atoms with Crippen LogP contribution in [0.4, 0.5) is 4.39 Å². The number of benzene rings is 1. The van der Waals surface area contributed by atoms with Gasteiger partial charge in [0.15, 0.2) is 0 Å². The van der Waals surface area contributed by atoms with Crippen molar-refractivity contribution in [3.05, 3.63) is 34.6 Å². The minimum atomic E-state index is -0.502. The third-order valence-corrected chi connectivity index (χ3v) is 3.30. The SMILES string of the molecule is N#CC(NC(=O)Cc1c(F)cccc1Cl)C1CC1. The molecule has 0 radical (unpaired) electrons. The fourth-order valence-electron chi connectivity index (χ4n) is 1.77. The summed E-state index contributed by atoms with van der Waals surface area (Å²) in [4.78, 5) is 11.7. The standard InChI is InChI=1S/C13H12ClFN2O/c14-10-2-1-3-11(15)9(10)6-13(18)17-12(7-16)8-4-5-8/h1-3,8,12H,4-6H2,(H,17,18). The Morgan fingerprint density at radius 1 is 1.61 bits per heavy atom. The van der Waals surface area contributed by atoms with E-state index in [9.17, 15) is 9.18 Å². The molecule has 18 heavy (non-hydrogen) atoms. The molecule has 3 nitrogen and oxygen atoms in total. The Balaban J connectivity index is 2.01. The number of rotatable bonds is 4. The van der Waals surface area contributed by atoms with Crippen LogP contribution in [0, 0.1) is 23.1 Å². The molecule has 2 rings (SSSR count). The van der Waals surface area contributed by atoms with E-state index < -0.39 is 11.9 Å². The van der Waals surface area contributed by atoms with Crippen LogP contribution < -0.4 is 5.32 Å². The quantitative estimate of drug-likeness (QED) is 0.910. The van der Waals surface area contributed by atoms with Crippen LogP contribution in [0.1, 0.15) is 18.4 Å². The van der Waals surface area contributed by atoms with E-state index in [1.165, 1.54) is 18.2 Å². The van der Waals surface area contributed by atoms with Crippen LogP contribution in [0.3, 0.4) is 0 Å². The van der Waals surface area contributed by atoms with Gasteiger partial charge in [0.25, 0.3) is 0 Å². The van der Waals surface area contributed by atoms with Gasteiger partial charge in [0, 0.05) is 10.6 Å². The zero-order valence-electron chi connectivity index (χ0n) is 9.62. The summed E-state index contributed by atoms with van der Waals surface area (Å²) in [5, 5.41) is 11.7. The second kappa shape index (κ2) is 5.36. The van der Waals surface area contributed by atoms with Gasteiger partial charge in [-0.1, -0.05) is 17.7 Å². The smallest absolute Gasteiger partial charge is 0.225 e. The van der Waals surface area contributed by atoms with Gasteiger partial charge < -0.3 is 5.32 Å². The maximum Gasteiger partial charge on any atom is 0.225 e. The minimum absolute atomic E-state index is 0.142. The van der Waals surface area contributed by atoms with E-state index in [4.69, 9.17) is 16.9 Å². The summed E-state index contributed by atoms with van der Waals surface area (Å²) in [6, 6.07) is 5.87. The molecule has 0 saturated heterocycles. The average Bonchev–Trinajstić information content (AvgIpc) is 3.15. The topological polar surface area (TPSA) is 52.9 Å². The van der Waals surface area contributed by atoms with Crippen molar-refractivity contribution < 1.29 is 9.18 Å². The molecule has 1 aromatic rings. The van der Waals surface area contributed by atoms with Crippen molar-refractivity contribution in [3.63, 3.8) is 0 Å². The Labute approximate surface area is 110 Å². The molecule has 1 aliphatic rings. The normalized spacial score (nSPS) is 15.8. The Bertz CT molecular complexity index is 488. The highest BCUT2D eigenvalue weighted by Crippen LogP contribution is 2.32. The average molecular weight is 267 g/mol. The van der Waals surface area contributed by atoms with Crippen LogP contribution in [-0.4, -0.2) is 11.9 Å². The highest BCUT2D eigenvalue weighted by atomic mass is 35.5. The zero-order valence-corrected chi connectivity index (χ0v) is 10.4. The van der Waals surface area contributed by atoms with Crippen molar-refractivity contribution in [2.45, 2.75) is 25.3 Å². The zero-order chi connectivity index (χ0) is 13.1. The third kappa shape index (κ3) is 2.99. The number of carbonyl (C=O) groups excluding carboxylic acids is 1. The molecule has 1 atom stereocenters. The van der Waals surface area contributed by atoms with Crippen LogP contribution in [0.25, 0.3) is 0 Å². The summed E-state index contributed by atoms with van der Waals surface area (Å²) in [6.07, 6.45) is 1.77. The van der Waals surface area contributed by atoms with Gasteiger partial charge in [-0.15, -0.1) is 0 Å². The van der Waals surface area contributed by atoms with Gasteiger partial charge in [-0.2, -0.15) is 5.26 Å². The van der Waals surface area contributed by atoms with Gasteiger partial charge in [-0.05, 0) is 30.9 Å². The molecule has 0 bridgehead atoms. The Kier molecular flexibility index (Phi) is 3.83. The Hall–Kier alpha value is -1.60. The molecule has 0 spiro atoms. The van der Waals surface area contributed by atoms with E-state index >= 15 is 0 Å². The Morgan fingerprint density at radius 3 is 2.89 bits per heavy atom. The van der Waals surface area contributed by atoms with Gasteiger partial charge in [0.1, 0.15) is 11.9 Å². The van der Waals surface area contributed by atoms with Crippen molar-refractivity contribution >= 4 is 17.5 Å². The summed E-state index contributed by atoms with van der Waals surface area (Å²) < 4.78 is 13.5. The largest absolute Gasteiger partial charge is 0.340 e. The Morgan fingerprint density at radius 2 is 2.33 bits per heavy atom. The molecular weight excluding hydrogens is 255 g/mol. The summed E-state index contributed by atoms with van der Waals surface area (Å²) in [7, 11) is 0. The third-order valence-electron chi connectivity index (χ3n) is 2.95. The van der Waals surface area contributed by atoms with Gasteiger partial charge in [-0.3, -0.25) is 4.79 Å². The highest BCUT2D eigenvalue weighted by Gasteiger charge is 2.32. The fraction of sp³-hybridized carbons (Fsp3) is 0.385. The number of nitrogens with zero attached hydrogens (tertiary/aromatic N) is 1. The van der Waals surface area contributed by atoms with E-state index in [2.05, 4.69) is 11.4 Å². The minimum Gasteiger partial charge on any atom is -0.340 e. The van der Waals surface area contributed by atoms with Crippen molar-refractivity contribution in [1.82, 2.24) is 5.32 Å². The van der Waals surface area contributed by atoms with Gasteiger partial charge in [0.05, 0.1) is 12.5 Å². The monoisotopic (exact) mass is 266 g/mol. The number of nitrogens with one attached hydrogen (secondary N) is 1. The summed E-state index contributed by atoms with van der Waals surface area (Å²) in [5.41, 5.74) is 0.171. The van der Waals surface area contributed by atoms with E-state index in [0.29, 0.717) is 0 Å². The first-order chi connectivity index (χ1) is 8.61. The molecule has 1 saturated carbocycles. The second-order valence-electron chi connectivity index (χ2n) is 4.39. The molecule has 1 aromatic carbocycles. The number of carbonyl (C=O) groups is 1. The number of halogens is 2.